The van der Waals surface area contributed by atoms with Crippen LogP contribution in [-0.2, 0) is 0 Å². The molecule has 4 atom stereocenters. The fourth-order valence-corrected chi connectivity index (χ4v) is 4.24. The molecule has 0 aromatic carbocycles. The monoisotopic (exact) mass is 271 g/mol. The molecular weight excluding hydrogens is 250 g/mol. The van der Waals surface area contributed by atoms with E-state index < -0.39 is 0 Å². The zero-order valence-corrected chi connectivity index (χ0v) is 12.0. The van der Waals surface area contributed by atoms with Crippen LogP contribution in [-0.4, -0.2) is 41.1 Å². The molecule has 0 amide bonds. The Balaban J connectivity index is 1.67. The van der Waals surface area contributed by atoms with E-state index >= 15 is 0 Å². The summed E-state index contributed by atoms with van der Waals surface area (Å²) >= 11 is 0. The molecule has 5 heteroatoms. The fourth-order valence-electron chi connectivity index (χ4n) is 4.24. The van der Waals surface area contributed by atoms with E-state index in [1.54, 1.807) is 6.33 Å². The number of anilines is 1. The number of fused-ring (bicyclic) bond motifs is 2. The zero-order valence-electron chi connectivity index (χ0n) is 12.0. The van der Waals surface area contributed by atoms with Crippen LogP contribution in [0.5, 0.6) is 0 Å². The van der Waals surface area contributed by atoms with Crippen LogP contribution >= 0.6 is 0 Å². The molecule has 4 rings (SSSR count). The maximum atomic E-state index is 4.53. The van der Waals surface area contributed by atoms with E-state index in [4.69, 9.17) is 0 Å². The fraction of sp³-hybridized carbons (Fsp3) is 0.600. The lowest BCUT2D eigenvalue weighted by molar-refractivity contribution is 0.381. The molecule has 2 N–H and O–H groups in total. The van der Waals surface area contributed by atoms with Gasteiger partial charge >= 0.3 is 0 Å². The van der Waals surface area contributed by atoms with Crippen molar-refractivity contribution >= 4 is 16.9 Å². The van der Waals surface area contributed by atoms with Gasteiger partial charge in [-0.15, -0.1) is 0 Å². The molecule has 1 saturated carbocycles. The average Bonchev–Trinajstić information content (AvgIpc) is 3.15. The van der Waals surface area contributed by atoms with Gasteiger partial charge in [-0.25, -0.2) is 9.97 Å². The number of hydrogen-bond donors (Lipinski definition) is 2. The first-order valence-corrected chi connectivity index (χ1v) is 7.47. The molecule has 3 heterocycles. The Hall–Kier alpha value is -1.62. The molecule has 2 aromatic rings. The van der Waals surface area contributed by atoms with E-state index in [1.165, 1.54) is 19.5 Å². The lowest BCUT2D eigenvalue weighted by atomic mass is 9.93. The van der Waals surface area contributed by atoms with Crippen molar-refractivity contribution in [2.75, 3.05) is 25.0 Å². The van der Waals surface area contributed by atoms with E-state index in [0.717, 1.165) is 28.7 Å². The molecule has 106 valence electrons. The summed E-state index contributed by atoms with van der Waals surface area (Å²) in [6.45, 7) is 4.76. The van der Waals surface area contributed by atoms with Crippen LogP contribution in [0, 0.1) is 17.8 Å². The van der Waals surface area contributed by atoms with E-state index in [2.05, 4.69) is 45.2 Å². The van der Waals surface area contributed by atoms with E-state index in [-0.39, 0.29) is 0 Å². The third-order valence-corrected chi connectivity index (χ3v) is 5.38. The predicted octanol–water partition coefficient (Wildman–Crippen LogP) is 1.64. The van der Waals surface area contributed by atoms with Crippen molar-refractivity contribution in [3.8, 4) is 0 Å². The second-order valence-electron chi connectivity index (χ2n) is 6.29. The molecule has 1 aliphatic carbocycles. The first-order chi connectivity index (χ1) is 9.75. The average molecular weight is 271 g/mol. The number of aromatic nitrogens is 3. The maximum absolute atomic E-state index is 4.53. The molecule has 0 spiro atoms. The van der Waals surface area contributed by atoms with Crippen molar-refractivity contribution in [2.45, 2.75) is 19.4 Å². The first kappa shape index (κ1) is 12.1. The van der Waals surface area contributed by atoms with Gasteiger partial charge < -0.3 is 15.2 Å². The second kappa shape index (κ2) is 4.45. The lowest BCUT2D eigenvalue weighted by Crippen LogP contribution is -2.37. The van der Waals surface area contributed by atoms with E-state index in [1.807, 2.05) is 6.20 Å². The minimum absolute atomic E-state index is 0.583. The van der Waals surface area contributed by atoms with Crippen molar-refractivity contribution in [2.24, 2.45) is 17.8 Å². The van der Waals surface area contributed by atoms with Crippen LogP contribution in [0.1, 0.15) is 13.3 Å². The minimum Gasteiger partial charge on any atom is -0.356 e. The lowest BCUT2D eigenvalue weighted by Gasteiger charge is -2.31. The number of rotatable bonds is 2. The number of nitrogens with one attached hydrogen (secondary N) is 2. The highest BCUT2D eigenvalue weighted by atomic mass is 15.2. The quantitative estimate of drug-likeness (QED) is 0.872. The summed E-state index contributed by atoms with van der Waals surface area (Å²) < 4.78 is 0. The summed E-state index contributed by atoms with van der Waals surface area (Å²) in [4.78, 5) is 14.4. The highest BCUT2D eigenvalue weighted by molar-refractivity contribution is 5.87. The predicted molar refractivity (Wildman–Crippen MR) is 79.7 cm³/mol. The van der Waals surface area contributed by atoms with Gasteiger partial charge in [0.1, 0.15) is 17.8 Å². The SMILES string of the molecule is C[C@@H]1C2CNC[C@H]2C[C@@H]1N(C)c1ncnc2[nH]ccc12. The van der Waals surface area contributed by atoms with Crippen LogP contribution in [0.15, 0.2) is 18.6 Å². The molecule has 1 unspecified atom stereocenters. The summed E-state index contributed by atoms with van der Waals surface area (Å²) in [5, 5.41) is 4.65. The Morgan fingerprint density at radius 2 is 2.20 bits per heavy atom. The van der Waals surface area contributed by atoms with E-state index in [0.29, 0.717) is 12.0 Å². The summed E-state index contributed by atoms with van der Waals surface area (Å²) in [5.74, 6) is 3.43. The molecule has 0 radical (unpaired) electrons. The number of aromatic amines is 1. The topological polar surface area (TPSA) is 56.8 Å². The number of H-pyrrole nitrogens is 1. The number of hydrogen-bond acceptors (Lipinski definition) is 4. The standard InChI is InChI=1S/C15H21N5/c1-9-12-7-16-6-10(12)5-13(9)20(2)15-11-3-4-17-14(11)18-8-19-15/h3-4,8-10,12-13,16H,5-7H2,1-2H3,(H,17,18,19)/t9-,10-,12?,13+/m1/s1. The Labute approximate surface area is 118 Å². The molecule has 2 fully saturated rings. The normalized spacial score (nSPS) is 32.7. The third-order valence-electron chi connectivity index (χ3n) is 5.38. The van der Waals surface area contributed by atoms with E-state index in [9.17, 15) is 0 Å². The van der Waals surface area contributed by atoms with Gasteiger partial charge in [0.05, 0.1) is 5.39 Å². The summed E-state index contributed by atoms with van der Waals surface area (Å²) in [5.41, 5.74) is 0.925. The maximum Gasteiger partial charge on any atom is 0.142 e. The van der Waals surface area contributed by atoms with Gasteiger partial charge in [-0.2, -0.15) is 0 Å². The molecule has 20 heavy (non-hydrogen) atoms. The number of nitrogens with zero attached hydrogens (tertiary/aromatic N) is 3. The molecule has 1 saturated heterocycles. The Kier molecular flexibility index (Phi) is 2.70. The van der Waals surface area contributed by atoms with Crippen molar-refractivity contribution in [1.29, 1.82) is 0 Å². The minimum atomic E-state index is 0.583. The largest absolute Gasteiger partial charge is 0.356 e. The molecule has 1 aliphatic heterocycles. The highest BCUT2D eigenvalue weighted by Gasteiger charge is 2.44. The molecule has 2 aromatic heterocycles. The Morgan fingerprint density at radius 1 is 1.30 bits per heavy atom. The van der Waals surface area contributed by atoms with Crippen LogP contribution in [0.2, 0.25) is 0 Å². The van der Waals surface area contributed by atoms with Crippen LogP contribution < -0.4 is 10.2 Å². The van der Waals surface area contributed by atoms with Gasteiger partial charge in [-0.1, -0.05) is 6.92 Å². The van der Waals surface area contributed by atoms with Gasteiger partial charge in [0, 0.05) is 19.3 Å². The van der Waals surface area contributed by atoms with Gasteiger partial charge in [0.15, 0.2) is 0 Å². The smallest absolute Gasteiger partial charge is 0.142 e. The third kappa shape index (κ3) is 1.66. The first-order valence-electron chi connectivity index (χ1n) is 7.47. The molecule has 2 aliphatic rings. The molecule has 0 bridgehead atoms. The Bertz CT molecular complexity index is 622. The van der Waals surface area contributed by atoms with Crippen LogP contribution in [0.25, 0.3) is 11.0 Å². The molecule has 5 nitrogen and oxygen atoms in total. The van der Waals surface area contributed by atoms with Crippen LogP contribution in [0.3, 0.4) is 0 Å². The van der Waals surface area contributed by atoms with Gasteiger partial charge in [-0.3, -0.25) is 0 Å². The molecular formula is C15H21N5. The van der Waals surface area contributed by atoms with Crippen molar-refractivity contribution in [3.63, 3.8) is 0 Å². The van der Waals surface area contributed by atoms with Crippen molar-refractivity contribution < 1.29 is 0 Å². The van der Waals surface area contributed by atoms with Crippen molar-refractivity contribution in [3.05, 3.63) is 18.6 Å². The van der Waals surface area contributed by atoms with Crippen LogP contribution in [0.4, 0.5) is 5.82 Å². The summed E-state index contributed by atoms with van der Waals surface area (Å²) in [6, 6.07) is 2.66. The Morgan fingerprint density at radius 3 is 3.05 bits per heavy atom. The summed E-state index contributed by atoms with van der Waals surface area (Å²) in [6.07, 6.45) is 4.87. The van der Waals surface area contributed by atoms with Gasteiger partial charge in [0.25, 0.3) is 0 Å². The van der Waals surface area contributed by atoms with Gasteiger partial charge in [-0.05, 0) is 43.3 Å². The summed E-state index contributed by atoms with van der Waals surface area (Å²) in [7, 11) is 2.18. The van der Waals surface area contributed by atoms with Crippen molar-refractivity contribution in [1.82, 2.24) is 20.3 Å². The zero-order chi connectivity index (χ0) is 13.7. The van der Waals surface area contributed by atoms with Gasteiger partial charge in [0.2, 0.25) is 0 Å². The highest BCUT2D eigenvalue weighted by Crippen LogP contribution is 2.42. The second-order valence-corrected chi connectivity index (χ2v) is 6.29.